The van der Waals surface area contributed by atoms with Crippen molar-refractivity contribution in [2.45, 2.75) is 73.4 Å². The molecule has 170 valence electrons. The van der Waals surface area contributed by atoms with Gasteiger partial charge in [0.1, 0.15) is 0 Å². The van der Waals surface area contributed by atoms with Gasteiger partial charge in [0.25, 0.3) is 5.56 Å². The van der Waals surface area contributed by atoms with E-state index in [-0.39, 0.29) is 23.2 Å². The first-order valence-electron chi connectivity index (χ1n) is 11.3. The predicted molar refractivity (Wildman–Crippen MR) is 122 cm³/mol. The van der Waals surface area contributed by atoms with Crippen LogP contribution in [0.4, 0.5) is 0 Å². The zero-order valence-electron chi connectivity index (χ0n) is 19.9. The monoisotopic (exact) mass is 429 g/mol. The average Bonchev–Trinajstić information content (AvgIpc) is 3.17. The number of nitrogens with zero attached hydrogens (tertiary/aromatic N) is 5. The van der Waals surface area contributed by atoms with Crippen LogP contribution in [0.3, 0.4) is 0 Å². The minimum atomic E-state index is -0.355. The summed E-state index contributed by atoms with van der Waals surface area (Å²) in [5.41, 5.74) is 2.64. The van der Waals surface area contributed by atoms with E-state index in [0.717, 1.165) is 30.0 Å². The lowest BCUT2D eigenvalue weighted by molar-refractivity contribution is 0.137. The fourth-order valence-electron chi connectivity index (χ4n) is 5.70. The topological polar surface area (TPSA) is 75.5 Å². The Bertz CT molecular complexity index is 1260. The first kappa shape index (κ1) is 21.9. The highest BCUT2D eigenvalue weighted by molar-refractivity contribution is 5.76. The summed E-state index contributed by atoms with van der Waals surface area (Å²) in [5, 5.41) is 0. The smallest absolute Gasteiger partial charge is 0.332 e. The number of imidazole rings is 2. The van der Waals surface area contributed by atoms with Crippen LogP contribution in [0.15, 0.2) is 9.59 Å². The number of fused-ring (bicyclic) bond motifs is 3. The Morgan fingerprint density at radius 1 is 1.16 bits per heavy atom. The summed E-state index contributed by atoms with van der Waals surface area (Å²) in [6.45, 7) is 14.1. The van der Waals surface area contributed by atoms with Crippen LogP contribution in [-0.4, -0.2) is 36.3 Å². The quantitative estimate of drug-likeness (QED) is 0.584. The van der Waals surface area contributed by atoms with Gasteiger partial charge in [0.15, 0.2) is 11.2 Å². The van der Waals surface area contributed by atoms with Gasteiger partial charge >= 0.3 is 5.69 Å². The molecule has 1 aliphatic carbocycles. The molecule has 3 aromatic rings. The number of aromatic nitrogens is 5. The van der Waals surface area contributed by atoms with Gasteiger partial charge in [-0.1, -0.05) is 20.8 Å². The molecule has 4 rings (SSSR count). The molecule has 0 N–H and O–H groups in total. The largest absolute Gasteiger partial charge is 0.380 e. The molecule has 0 unspecified atom stereocenters. The molecule has 0 amide bonds. The normalized spacial score (nSPS) is 21.4. The Labute approximate surface area is 182 Å². The molecule has 0 saturated heterocycles. The van der Waals surface area contributed by atoms with Crippen molar-refractivity contribution in [2.24, 2.45) is 18.4 Å². The van der Waals surface area contributed by atoms with E-state index in [9.17, 15) is 9.59 Å². The van der Waals surface area contributed by atoms with E-state index in [1.807, 2.05) is 18.2 Å². The van der Waals surface area contributed by atoms with E-state index in [0.29, 0.717) is 36.3 Å². The lowest BCUT2D eigenvalue weighted by atomic mass is 9.70. The van der Waals surface area contributed by atoms with Crippen LogP contribution in [0.25, 0.3) is 16.9 Å². The van der Waals surface area contributed by atoms with E-state index in [1.54, 1.807) is 7.05 Å². The molecular formula is C23H35N5O3. The number of hydrogen-bond acceptors (Lipinski definition) is 4. The highest BCUT2D eigenvalue weighted by Crippen LogP contribution is 2.45. The third-order valence-corrected chi connectivity index (χ3v) is 6.95. The Kier molecular flexibility index (Phi) is 5.40. The van der Waals surface area contributed by atoms with E-state index < -0.39 is 0 Å². The van der Waals surface area contributed by atoms with E-state index >= 15 is 0 Å². The summed E-state index contributed by atoms with van der Waals surface area (Å²) >= 11 is 0. The first-order valence-corrected chi connectivity index (χ1v) is 11.3. The Morgan fingerprint density at radius 3 is 2.52 bits per heavy atom. The van der Waals surface area contributed by atoms with Crippen LogP contribution < -0.4 is 11.2 Å². The maximum atomic E-state index is 13.4. The SMILES string of the molecule is CCOCCn1c(=O)c2c(nc3n([C@@H]4C[C@@H](C)CC(C)(C)C4)c(C)c(C)n23)n(C)c1=O. The van der Waals surface area contributed by atoms with Crippen molar-refractivity contribution >= 4 is 16.9 Å². The highest BCUT2D eigenvalue weighted by atomic mass is 16.5. The van der Waals surface area contributed by atoms with Gasteiger partial charge in [-0.25, -0.2) is 4.79 Å². The minimum Gasteiger partial charge on any atom is -0.380 e. The summed E-state index contributed by atoms with van der Waals surface area (Å²) in [4.78, 5) is 31.1. The molecule has 8 heteroatoms. The highest BCUT2D eigenvalue weighted by Gasteiger charge is 2.35. The van der Waals surface area contributed by atoms with Gasteiger partial charge in [-0.2, -0.15) is 4.98 Å². The fourth-order valence-corrected chi connectivity index (χ4v) is 5.70. The van der Waals surface area contributed by atoms with Crippen molar-refractivity contribution in [1.29, 1.82) is 0 Å². The molecule has 0 radical (unpaired) electrons. The summed E-state index contributed by atoms with van der Waals surface area (Å²) in [6.07, 6.45) is 3.38. The van der Waals surface area contributed by atoms with Crippen molar-refractivity contribution in [3.8, 4) is 0 Å². The third-order valence-electron chi connectivity index (χ3n) is 6.95. The molecule has 2 atom stereocenters. The van der Waals surface area contributed by atoms with Crippen LogP contribution >= 0.6 is 0 Å². The molecule has 8 nitrogen and oxygen atoms in total. The molecule has 3 aromatic heterocycles. The number of aryl methyl sites for hydroxylation is 2. The van der Waals surface area contributed by atoms with Crippen LogP contribution in [-0.2, 0) is 18.3 Å². The zero-order chi connectivity index (χ0) is 22.7. The molecule has 3 heterocycles. The van der Waals surface area contributed by atoms with Crippen molar-refractivity contribution in [1.82, 2.24) is 23.1 Å². The Balaban J connectivity index is 1.97. The fraction of sp³-hybridized carbons (Fsp3) is 0.696. The second kappa shape index (κ2) is 7.65. The van der Waals surface area contributed by atoms with E-state index in [1.165, 1.54) is 15.6 Å². The molecule has 0 bridgehead atoms. The van der Waals surface area contributed by atoms with Gasteiger partial charge < -0.3 is 9.30 Å². The number of ether oxygens (including phenoxy) is 1. The Morgan fingerprint density at radius 2 is 1.87 bits per heavy atom. The lowest BCUT2D eigenvalue weighted by Gasteiger charge is -2.40. The van der Waals surface area contributed by atoms with Crippen LogP contribution in [0, 0.1) is 25.2 Å². The summed E-state index contributed by atoms with van der Waals surface area (Å²) in [7, 11) is 1.69. The molecule has 1 fully saturated rings. The molecule has 1 saturated carbocycles. The minimum absolute atomic E-state index is 0.232. The van der Waals surface area contributed by atoms with Gasteiger partial charge in [-0.05, 0) is 51.4 Å². The second-order valence-electron chi connectivity index (χ2n) is 10.0. The maximum absolute atomic E-state index is 13.4. The molecule has 1 aliphatic rings. The van der Waals surface area contributed by atoms with Gasteiger partial charge in [-0.3, -0.25) is 18.3 Å². The van der Waals surface area contributed by atoms with Gasteiger partial charge in [0, 0.05) is 31.1 Å². The summed E-state index contributed by atoms with van der Waals surface area (Å²) < 4.78 is 12.4. The third kappa shape index (κ3) is 3.45. The summed E-state index contributed by atoms with van der Waals surface area (Å²) in [6, 6.07) is 0.323. The Hall–Kier alpha value is -2.35. The molecule has 0 aromatic carbocycles. The zero-order valence-corrected chi connectivity index (χ0v) is 19.9. The molecular weight excluding hydrogens is 394 g/mol. The summed E-state index contributed by atoms with van der Waals surface area (Å²) in [5.74, 6) is 1.38. The number of hydrogen-bond donors (Lipinski definition) is 0. The first-order chi connectivity index (χ1) is 14.6. The van der Waals surface area contributed by atoms with E-state index in [2.05, 4.69) is 32.3 Å². The van der Waals surface area contributed by atoms with Crippen molar-refractivity contribution in [3.05, 3.63) is 32.2 Å². The second-order valence-corrected chi connectivity index (χ2v) is 10.0. The van der Waals surface area contributed by atoms with Crippen molar-refractivity contribution in [2.75, 3.05) is 13.2 Å². The average molecular weight is 430 g/mol. The molecule has 0 spiro atoms. The molecule has 0 aliphatic heterocycles. The van der Waals surface area contributed by atoms with Gasteiger partial charge in [0.2, 0.25) is 5.78 Å². The van der Waals surface area contributed by atoms with Crippen LogP contribution in [0.5, 0.6) is 0 Å². The number of rotatable bonds is 5. The van der Waals surface area contributed by atoms with Gasteiger partial charge in [-0.15, -0.1) is 0 Å². The standard InChI is InChI=1S/C23H35N5O3/c1-8-31-10-9-26-20(29)18-19(25(7)22(26)30)24-21-27(15(3)16(4)28(18)21)17-11-14(2)12-23(5,6)13-17/h14,17H,8-13H2,1-7H3/t14-,17-/m1/s1. The van der Waals surface area contributed by atoms with Crippen LogP contribution in [0.1, 0.15) is 64.4 Å². The van der Waals surface area contributed by atoms with Crippen molar-refractivity contribution < 1.29 is 4.74 Å². The molecule has 31 heavy (non-hydrogen) atoms. The maximum Gasteiger partial charge on any atom is 0.332 e. The van der Waals surface area contributed by atoms with Gasteiger partial charge in [0.05, 0.1) is 13.2 Å². The predicted octanol–water partition coefficient (Wildman–Crippen LogP) is 3.19. The lowest BCUT2D eigenvalue weighted by Crippen LogP contribution is -2.40. The van der Waals surface area contributed by atoms with E-state index in [4.69, 9.17) is 9.72 Å². The van der Waals surface area contributed by atoms with Crippen molar-refractivity contribution in [3.63, 3.8) is 0 Å². The van der Waals surface area contributed by atoms with Crippen LogP contribution in [0.2, 0.25) is 0 Å².